The van der Waals surface area contributed by atoms with Gasteiger partial charge in [0.1, 0.15) is 18.2 Å². The van der Waals surface area contributed by atoms with Crippen molar-refractivity contribution in [3.63, 3.8) is 0 Å². The molecule has 2 aromatic heterocycles. The number of aryl methyl sites for hydroxylation is 2. The van der Waals surface area contributed by atoms with E-state index < -0.39 is 0 Å². The van der Waals surface area contributed by atoms with E-state index in [0.29, 0.717) is 5.92 Å². The lowest BCUT2D eigenvalue weighted by molar-refractivity contribution is -0.659. The van der Waals surface area contributed by atoms with Gasteiger partial charge in [0.15, 0.2) is 6.20 Å². The molecule has 3 aromatic carbocycles. The second-order valence-electron chi connectivity index (χ2n) is 8.42. The normalized spacial score (nSPS) is 11.6. The smallest absolute Gasteiger partial charge is 0.216 e. The topological polar surface area (TPSA) is 17.0 Å². The first-order valence-electron chi connectivity index (χ1n) is 10.5. The number of pyridine rings is 1. The van der Waals surface area contributed by atoms with Gasteiger partial charge in [-0.3, -0.25) is 0 Å². The summed E-state index contributed by atoms with van der Waals surface area (Å²) in [5.41, 5.74) is 9.24. The fraction of sp³-hybridized carbons (Fsp3) is 0.179. The van der Waals surface area contributed by atoms with Crippen LogP contribution in [0.5, 0.6) is 0 Å². The Balaban J connectivity index is 1.64. The summed E-state index contributed by atoms with van der Waals surface area (Å²) in [6, 6.07) is 25.9. The van der Waals surface area contributed by atoms with Gasteiger partial charge in [0.2, 0.25) is 5.69 Å². The van der Waals surface area contributed by atoms with Crippen molar-refractivity contribution in [3.05, 3.63) is 90.1 Å². The lowest BCUT2D eigenvalue weighted by atomic mass is 9.98. The summed E-state index contributed by atoms with van der Waals surface area (Å²) < 4.78 is 8.52. The Morgan fingerprint density at radius 1 is 0.767 bits per heavy atom. The Bertz CT molecular complexity index is 1370. The second-order valence-corrected chi connectivity index (χ2v) is 8.42. The van der Waals surface area contributed by atoms with Crippen molar-refractivity contribution in [2.24, 2.45) is 7.05 Å². The van der Waals surface area contributed by atoms with Crippen LogP contribution in [0.15, 0.2) is 83.4 Å². The van der Waals surface area contributed by atoms with Gasteiger partial charge >= 0.3 is 0 Å². The number of rotatable bonds is 3. The Hall–Kier alpha value is -3.39. The third-order valence-corrected chi connectivity index (χ3v) is 6.06. The van der Waals surface area contributed by atoms with E-state index in [0.717, 1.165) is 22.4 Å². The summed E-state index contributed by atoms with van der Waals surface area (Å²) in [5.74, 6) is 0.546. The van der Waals surface area contributed by atoms with Crippen LogP contribution in [-0.4, -0.2) is 0 Å². The number of hydrogen-bond donors (Lipinski definition) is 0. The highest BCUT2D eigenvalue weighted by molar-refractivity contribution is 6.09. The fourth-order valence-corrected chi connectivity index (χ4v) is 4.30. The van der Waals surface area contributed by atoms with Gasteiger partial charge in [0, 0.05) is 22.4 Å². The predicted octanol–water partition coefficient (Wildman–Crippen LogP) is 7.18. The number of aromatic nitrogens is 1. The summed E-state index contributed by atoms with van der Waals surface area (Å²) >= 11 is 0. The lowest BCUT2D eigenvalue weighted by Gasteiger charge is -2.09. The maximum atomic E-state index is 6.31. The van der Waals surface area contributed by atoms with Gasteiger partial charge in [-0.15, -0.1) is 0 Å². The van der Waals surface area contributed by atoms with E-state index in [1.165, 1.54) is 33.0 Å². The third-order valence-electron chi connectivity index (χ3n) is 6.06. The van der Waals surface area contributed by atoms with Crippen LogP contribution in [0.25, 0.3) is 44.3 Å². The summed E-state index contributed by atoms with van der Waals surface area (Å²) in [5, 5.41) is 2.33. The predicted molar refractivity (Wildman–Crippen MR) is 125 cm³/mol. The largest absolute Gasteiger partial charge is 0.455 e. The van der Waals surface area contributed by atoms with Crippen molar-refractivity contribution in [2.45, 2.75) is 26.7 Å². The molecule has 5 aromatic rings. The van der Waals surface area contributed by atoms with Crippen LogP contribution in [0.4, 0.5) is 0 Å². The second kappa shape index (κ2) is 7.14. The summed E-state index contributed by atoms with van der Waals surface area (Å²) in [6.45, 7) is 6.61. The number of nitrogens with zero attached hydrogens (tertiary/aromatic N) is 1. The van der Waals surface area contributed by atoms with E-state index >= 15 is 0 Å². The zero-order valence-corrected chi connectivity index (χ0v) is 17.9. The van der Waals surface area contributed by atoms with Crippen molar-refractivity contribution in [3.8, 4) is 22.4 Å². The van der Waals surface area contributed by atoms with Gasteiger partial charge in [0.05, 0.1) is 5.56 Å². The summed E-state index contributed by atoms with van der Waals surface area (Å²) in [4.78, 5) is 0. The average Bonchev–Trinajstić information content (AvgIpc) is 3.13. The first-order chi connectivity index (χ1) is 14.5. The molecule has 0 amide bonds. The molecule has 148 valence electrons. The molecular formula is C28H26NO+. The fourth-order valence-electron chi connectivity index (χ4n) is 4.30. The van der Waals surface area contributed by atoms with Crippen LogP contribution in [0, 0.1) is 6.92 Å². The Morgan fingerprint density at radius 3 is 2.23 bits per heavy atom. The molecule has 0 spiro atoms. The molecule has 0 unspecified atom stereocenters. The van der Waals surface area contributed by atoms with Crippen LogP contribution in [-0.2, 0) is 7.05 Å². The van der Waals surface area contributed by atoms with Crippen molar-refractivity contribution in [1.29, 1.82) is 0 Å². The third kappa shape index (κ3) is 3.00. The van der Waals surface area contributed by atoms with Crippen molar-refractivity contribution in [1.82, 2.24) is 0 Å². The Morgan fingerprint density at radius 2 is 1.50 bits per heavy atom. The molecule has 0 aliphatic carbocycles. The minimum Gasteiger partial charge on any atom is -0.455 e. The van der Waals surface area contributed by atoms with E-state index in [9.17, 15) is 0 Å². The van der Waals surface area contributed by atoms with Gasteiger partial charge < -0.3 is 4.42 Å². The molecule has 0 aliphatic heterocycles. The molecule has 0 atom stereocenters. The Labute approximate surface area is 177 Å². The van der Waals surface area contributed by atoms with Crippen LogP contribution >= 0.6 is 0 Å². The maximum absolute atomic E-state index is 6.31. The van der Waals surface area contributed by atoms with Gasteiger partial charge in [0.25, 0.3) is 0 Å². The maximum Gasteiger partial charge on any atom is 0.216 e. The molecule has 0 saturated heterocycles. The molecule has 30 heavy (non-hydrogen) atoms. The van der Waals surface area contributed by atoms with E-state index in [1.807, 2.05) is 12.1 Å². The van der Waals surface area contributed by atoms with Gasteiger partial charge in [-0.05, 0) is 41.7 Å². The van der Waals surface area contributed by atoms with Crippen LogP contribution in [0.1, 0.15) is 30.9 Å². The van der Waals surface area contributed by atoms with Crippen molar-refractivity contribution < 1.29 is 8.98 Å². The number of furan rings is 1. The lowest BCUT2D eigenvalue weighted by Crippen LogP contribution is -2.31. The summed E-state index contributed by atoms with van der Waals surface area (Å²) in [6.07, 6.45) is 2.21. The first kappa shape index (κ1) is 18.6. The molecule has 2 nitrogen and oxygen atoms in total. The van der Waals surface area contributed by atoms with Crippen molar-refractivity contribution in [2.75, 3.05) is 0 Å². The van der Waals surface area contributed by atoms with Gasteiger partial charge in [-0.1, -0.05) is 68.4 Å². The molecule has 0 N–H and O–H groups in total. The monoisotopic (exact) mass is 392 g/mol. The van der Waals surface area contributed by atoms with Crippen LogP contribution in [0.3, 0.4) is 0 Å². The summed E-state index contributed by atoms with van der Waals surface area (Å²) in [7, 11) is 2.11. The minimum atomic E-state index is 0.546. The van der Waals surface area contributed by atoms with E-state index in [4.69, 9.17) is 4.42 Å². The number of hydrogen-bond acceptors (Lipinski definition) is 1. The molecule has 0 bridgehead atoms. The molecule has 0 saturated carbocycles. The number of benzene rings is 3. The first-order valence-corrected chi connectivity index (χ1v) is 10.5. The SMILES string of the molecule is Cc1ccc2c(oc3ccccc32)c1-c1ccc(-c2ccc(C(C)C)cc2)c[n+]1C. The van der Waals surface area contributed by atoms with Gasteiger partial charge in [-0.25, -0.2) is 4.57 Å². The molecule has 2 heterocycles. The van der Waals surface area contributed by atoms with E-state index in [2.05, 4.69) is 99.2 Å². The zero-order valence-electron chi connectivity index (χ0n) is 17.9. The van der Waals surface area contributed by atoms with Gasteiger partial charge in [-0.2, -0.15) is 0 Å². The quantitative estimate of drug-likeness (QED) is 0.297. The van der Waals surface area contributed by atoms with E-state index in [-0.39, 0.29) is 0 Å². The number of fused-ring (bicyclic) bond motifs is 3. The highest BCUT2D eigenvalue weighted by Crippen LogP contribution is 2.37. The zero-order chi connectivity index (χ0) is 20.8. The molecular weight excluding hydrogens is 366 g/mol. The Kier molecular flexibility index (Phi) is 4.43. The van der Waals surface area contributed by atoms with Crippen LogP contribution < -0.4 is 4.57 Å². The minimum absolute atomic E-state index is 0.546. The van der Waals surface area contributed by atoms with E-state index in [1.54, 1.807) is 0 Å². The van der Waals surface area contributed by atoms with Crippen LogP contribution in [0.2, 0.25) is 0 Å². The highest BCUT2D eigenvalue weighted by Gasteiger charge is 2.21. The van der Waals surface area contributed by atoms with Crippen molar-refractivity contribution >= 4 is 21.9 Å². The standard InChI is InChI=1S/C28H26NO/c1-18(2)20-10-12-21(13-11-20)22-14-16-25(29(4)17-22)27-19(3)9-15-24-23-7-5-6-8-26(23)30-28(24)27/h5-18H,1-4H3/q+1. The molecule has 0 radical (unpaired) electrons. The molecule has 0 aliphatic rings. The number of para-hydroxylation sites is 1. The molecule has 0 fully saturated rings. The highest BCUT2D eigenvalue weighted by atomic mass is 16.3. The molecule has 5 rings (SSSR count). The average molecular weight is 393 g/mol. The molecule has 2 heteroatoms.